The van der Waals surface area contributed by atoms with Crippen molar-refractivity contribution in [2.75, 3.05) is 0 Å². The van der Waals surface area contributed by atoms with Crippen LogP contribution in [0.25, 0.3) is 5.57 Å². The Balaban J connectivity index is 0. The molecule has 1 aromatic carbocycles. The average molecular weight is 230 g/mol. The molecule has 0 nitrogen and oxygen atoms in total. The molecule has 0 unspecified atom stereocenters. The summed E-state index contributed by atoms with van der Waals surface area (Å²) in [5, 5.41) is 0. The second kappa shape index (κ2) is 10.9. The molecule has 94 valence electrons. The van der Waals surface area contributed by atoms with E-state index in [2.05, 4.69) is 49.9 Å². The summed E-state index contributed by atoms with van der Waals surface area (Å²) in [5.41, 5.74) is 3.68. The molecule has 0 heteroatoms. The van der Waals surface area contributed by atoms with E-state index in [1.807, 2.05) is 32.9 Å². The van der Waals surface area contributed by atoms with Gasteiger partial charge in [-0.3, -0.25) is 0 Å². The Labute approximate surface area is 107 Å². The number of hydrogen-bond donors (Lipinski definition) is 0. The lowest BCUT2D eigenvalue weighted by molar-refractivity contribution is 1.50. The molecule has 0 aliphatic rings. The van der Waals surface area contributed by atoms with Gasteiger partial charge in [-0.05, 0) is 30.6 Å². The highest BCUT2D eigenvalue weighted by Gasteiger charge is 1.98. The van der Waals surface area contributed by atoms with E-state index in [-0.39, 0.29) is 7.43 Å². The largest absolute Gasteiger partial charge is 0.0988 e. The van der Waals surface area contributed by atoms with Crippen molar-refractivity contribution >= 4 is 5.57 Å². The average Bonchev–Trinajstić information content (AvgIpc) is 2.38. The minimum Gasteiger partial charge on any atom is -0.0988 e. The fourth-order valence-corrected chi connectivity index (χ4v) is 1.35. The van der Waals surface area contributed by atoms with Gasteiger partial charge in [0.25, 0.3) is 0 Å². The van der Waals surface area contributed by atoms with Crippen LogP contribution in [-0.2, 0) is 0 Å². The van der Waals surface area contributed by atoms with E-state index in [0.29, 0.717) is 0 Å². The molecule has 0 radical (unpaired) electrons. The molecule has 1 rings (SSSR count). The standard InChI is InChI=1S/C14H16.C2H6.CH4/c1-4-9-14(12(3)5-2)13-10-7-6-8-11-13;1-2;/h4-11H,2H2,1,3H3;1-2H3;1H4/b9-4-,14-12+;;. The Morgan fingerprint density at radius 1 is 1.12 bits per heavy atom. The van der Waals surface area contributed by atoms with Crippen molar-refractivity contribution in [2.24, 2.45) is 0 Å². The van der Waals surface area contributed by atoms with Crippen molar-refractivity contribution in [3.8, 4) is 0 Å². The lowest BCUT2D eigenvalue weighted by atomic mass is 10.0. The number of benzene rings is 1. The highest BCUT2D eigenvalue weighted by atomic mass is 14.0. The molecule has 17 heavy (non-hydrogen) atoms. The van der Waals surface area contributed by atoms with Crippen LogP contribution in [0.2, 0.25) is 0 Å². The summed E-state index contributed by atoms with van der Waals surface area (Å²) in [7, 11) is 0. The number of hydrogen-bond acceptors (Lipinski definition) is 0. The molecule has 0 amide bonds. The molecule has 0 spiro atoms. The Morgan fingerprint density at radius 3 is 2.06 bits per heavy atom. The van der Waals surface area contributed by atoms with Gasteiger partial charge in [-0.15, -0.1) is 0 Å². The Hall–Kier alpha value is -1.56. The zero-order valence-corrected chi connectivity index (χ0v) is 10.8. The minimum atomic E-state index is 0. The minimum absolute atomic E-state index is 0. The topological polar surface area (TPSA) is 0 Å². The molecule has 0 saturated carbocycles. The van der Waals surface area contributed by atoms with Crippen LogP contribution in [0.1, 0.15) is 40.7 Å². The van der Waals surface area contributed by atoms with Crippen molar-refractivity contribution < 1.29 is 0 Å². The molecule has 0 saturated heterocycles. The Bertz CT molecular complexity index is 353. The Morgan fingerprint density at radius 2 is 1.65 bits per heavy atom. The first-order valence-corrected chi connectivity index (χ1v) is 5.81. The van der Waals surface area contributed by atoms with E-state index < -0.39 is 0 Å². The predicted molar refractivity (Wildman–Crippen MR) is 82.1 cm³/mol. The van der Waals surface area contributed by atoms with Gasteiger partial charge in [0.1, 0.15) is 0 Å². The van der Waals surface area contributed by atoms with Crippen molar-refractivity contribution in [1.29, 1.82) is 0 Å². The molecular formula is C17H26. The smallest absolute Gasteiger partial charge is 0.0158 e. The molecule has 0 heterocycles. The quantitative estimate of drug-likeness (QED) is 0.568. The van der Waals surface area contributed by atoms with E-state index in [9.17, 15) is 0 Å². The molecule has 0 aromatic heterocycles. The van der Waals surface area contributed by atoms with Gasteiger partial charge in [-0.2, -0.15) is 0 Å². The first kappa shape index (κ1) is 17.8. The van der Waals surface area contributed by atoms with Crippen molar-refractivity contribution in [3.63, 3.8) is 0 Å². The highest BCUT2D eigenvalue weighted by molar-refractivity contribution is 5.77. The summed E-state index contributed by atoms with van der Waals surface area (Å²) in [6.07, 6.45) is 6.06. The molecular weight excluding hydrogens is 204 g/mol. The van der Waals surface area contributed by atoms with Gasteiger partial charge in [0.2, 0.25) is 0 Å². The van der Waals surface area contributed by atoms with E-state index in [0.717, 1.165) is 0 Å². The number of allylic oxidation sites excluding steroid dienone is 5. The highest BCUT2D eigenvalue weighted by Crippen LogP contribution is 2.20. The summed E-state index contributed by atoms with van der Waals surface area (Å²) >= 11 is 0. The van der Waals surface area contributed by atoms with Crippen molar-refractivity contribution in [1.82, 2.24) is 0 Å². The monoisotopic (exact) mass is 230 g/mol. The zero-order valence-electron chi connectivity index (χ0n) is 10.8. The summed E-state index contributed by atoms with van der Waals surface area (Å²) in [6.45, 7) is 11.9. The molecule has 0 N–H and O–H groups in total. The van der Waals surface area contributed by atoms with Crippen LogP contribution >= 0.6 is 0 Å². The second-order valence-electron chi connectivity index (χ2n) is 3.17. The molecule has 0 aliphatic heterocycles. The summed E-state index contributed by atoms with van der Waals surface area (Å²) in [4.78, 5) is 0. The first-order chi connectivity index (χ1) is 7.79. The van der Waals surface area contributed by atoms with Gasteiger partial charge in [0.15, 0.2) is 0 Å². The van der Waals surface area contributed by atoms with E-state index >= 15 is 0 Å². The van der Waals surface area contributed by atoms with Crippen molar-refractivity contribution in [2.45, 2.75) is 35.1 Å². The van der Waals surface area contributed by atoms with Crippen LogP contribution in [0, 0.1) is 0 Å². The lowest BCUT2D eigenvalue weighted by Gasteiger charge is -2.05. The molecule has 1 aromatic rings. The third-order valence-corrected chi connectivity index (χ3v) is 2.15. The zero-order chi connectivity index (χ0) is 12.4. The van der Waals surface area contributed by atoms with Gasteiger partial charge < -0.3 is 0 Å². The van der Waals surface area contributed by atoms with E-state index in [1.165, 1.54) is 16.7 Å². The second-order valence-corrected chi connectivity index (χ2v) is 3.17. The van der Waals surface area contributed by atoms with E-state index in [1.54, 1.807) is 0 Å². The summed E-state index contributed by atoms with van der Waals surface area (Å²) < 4.78 is 0. The molecule has 0 atom stereocenters. The van der Waals surface area contributed by atoms with Gasteiger partial charge >= 0.3 is 0 Å². The predicted octanol–water partition coefficient (Wildman–Crippen LogP) is 5.88. The van der Waals surface area contributed by atoms with Crippen LogP contribution in [0.3, 0.4) is 0 Å². The normalized spacial score (nSPS) is 10.8. The fourth-order valence-electron chi connectivity index (χ4n) is 1.35. The molecule has 0 aliphatic carbocycles. The fraction of sp³-hybridized carbons (Fsp3) is 0.294. The molecule has 0 fully saturated rings. The maximum Gasteiger partial charge on any atom is -0.0158 e. The van der Waals surface area contributed by atoms with Gasteiger partial charge in [-0.1, -0.05) is 76.4 Å². The maximum atomic E-state index is 3.80. The van der Waals surface area contributed by atoms with E-state index in [4.69, 9.17) is 0 Å². The van der Waals surface area contributed by atoms with Gasteiger partial charge in [0, 0.05) is 0 Å². The van der Waals surface area contributed by atoms with Gasteiger partial charge in [0.05, 0.1) is 0 Å². The first-order valence-electron chi connectivity index (χ1n) is 5.81. The van der Waals surface area contributed by atoms with Crippen LogP contribution < -0.4 is 0 Å². The summed E-state index contributed by atoms with van der Waals surface area (Å²) in [6, 6.07) is 10.4. The maximum absolute atomic E-state index is 3.80. The third kappa shape index (κ3) is 5.91. The van der Waals surface area contributed by atoms with Crippen LogP contribution in [-0.4, -0.2) is 0 Å². The lowest BCUT2D eigenvalue weighted by Crippen LogP contribution is -1.83. The summed E-state index contributed by atoms with van der Waals surface area (Å²) in [5.74, 6) is 0. The van der Waals surface area contributed by atoms with Gasteiger partial charge in [-0.25, -0.2) is 0 Å². The third-order valence-electron chi connectivity index (χ3n) is 2.15. The molecule has 0 bridgehead atoms. The van der Waals surface area contributed by atoms with Crippen LogP contribution in [0.15, 0.2) is 60.7 Å². The van der Waals surface area contributed by atoms with Crippen LogP contribution in [0.5, 0.6) is 0 Å². The number of rotatable bonds is 3. The Kier molecular flexibility index (Phi) is 11.5. The van der Waals surface area contributed by atoms with Crippen molar-refractivity contribution in [3.05, 3.63) is 66.3 Å². The van der Waals surface area contributed by atoms with Crippen LogP contribution in [0.4, 0.5) is 0 Å². The SMILES string of the molecule is C.C=C/C(C)=C(\C=C/C)c1ccccc1.CC.